The van der Waals surface area contributed by atoms with Crippen LogP contribution in [0.4, 0.5) is 0 Å². The Labute approximate surface area is 175 Å². The van der Waals surface area contributed by atoms with Crippen molar-refractivity contribution in [3.8, 4) is 0 Å². The smallest absolute Gasteiger partial charge is 0.243 e. The Morgan fingerprint density at radius 1 is 0.862 bits per heavy atom. The van der Waals surface area contributed by atoms with E-state index >= 15 is 0 Å². The zero-order valence-electron chi connectivity index (χ0n) is 18.8. The fraction of sp³-hybridized carbons (Fsp3) is 0.591. The van der Waals surface area contributed by atoms with Gasteiger partial charge in [-0.3, -0.25) is 9.58 Å². The van der Waals surface area contributed by atoms with Crippen molar-refractivity contribution >= 4 is 10.0 Å². The molecule has 0 unspecified atom stereocenters. The minimum atomic E-state index is -3.50. The molecule has 3 rings (SSSR count). The third kappa shape index (κ3) is 3.88. The molecule has 0 N–H and O–H groups in total. The predicted molar refractivity (Wildman–Crippen MR) is 117 cm³/mol. The van der Waals surface area contributed by atoms with E-state index in [9.17, 15) is 8.42 Å². The maximum absolute atomic E-state index is 13.5. The van der Waals surface area contributed by atoms with Crippen molar-refractivity contribution in [3.63, 3.8) is 0 Å². The lowest BCUT2D eigenvalue weighted by Crippen LogP contribution is -2.48. The summed E-state index contributed by atoms with van der Waals surface area (Å²) in [6.45, 7) is 18.4. The lowest BCUT2D eigenvalue weighted by Gasteiger charge is -2.35. The molecule has 160 valence electrons. The summed E-state index contributed by atoms with van der Waals surface area (Å²) in [7, 11) is -3.50. The highest BCUT2D eigenvalue weighted by Gasteiger charge is 2.32. The van der Waals surface area contributed by atoms with Crippen LogP contribution in [-0.2, 0) is 23.1 Å². The van der Waals surface area contributed by atoms with Gasteiger partial charge in [-0.25, -0.2) is 8.42 Å². The topological polar surface area (TPSA) is 58.4 Å². The minimum Gasteiger partial charge on any atom is -0.296 e. The van der Waals surface area contributed by atoms with E-state index in [1.165, 1.54) is 16.8 Å². The summed E-state index contributed by atoms with van der Waals surface area (Å²) in [5.41, 5.74) is 7.53. The molecule has 1 fully saturated rings. The molecular weight excluding hydrogens is 384 g/mol. The van der Waals surface area contributed by atoms with Crippen molar-refractivity contribution in [2.24, 2.45) is 0 Å². The third-order valence-electron chi connectivity index (χ3n) is 6.76. The standard InChI is InChI=1S/C22H34N4O2S/c1-8-26-20(7)21(13-23-26)14-24-9-11-25(12-10-24)29(27,28)22-18(5)16(3)15(2)17(4)19(22)6/h13H,8-12,14H2,1-7H3. The Hall–Kier alpha value is -1.70. The average molecular weight is 419 g/mol. The highest BCUT2D eigenvalue weighted by atomic mass is 32.2. The number of piperazine rings is 1. The summed E-state index contributed by atoms with van der Waals surface area (Å²) >= 11 is 0. The van der Waals surface area contributed by atoms with Crippen LogP contribution in [0.3, 0.4) is 0 Å². The largest absolute Gasteiger partial charge is 0.296 e. The lowest BCUT2D eigenvalue weighted by atomic mass is 9.95. The Kier molecular flexibility index (Phi) is 6.22. The van der Waals surface area contributed by atoms with E-state index in [1.807, 2.05) is 38.6 Å². The van der Waals surface area contributed by atoms with Crippen molar-refractivity contribution in [1.29, 1.82) is 0 Å². The second-order valence-corrected chi connectivity index (χ2v) is 10.1. The van der Waals surface area contributed by atoms with Gasteiger partial charge in [0.2, 0.25) is 10.0 Å². The number of nitrogens with zero attached hydrogens (tertiary/aromatic N) is 4. The van der Waals surface area contributed by atoms with Crippen molar-refractivity contribution < 1.29 is 8.42 Å². The van der Waals surface area contributed by atoms with E-state index in [2.05, 4.69) is 30.8 Å². The number of rotatable bonds is 5. The molecule has 1 aliphatic heterocycles. The molecule has 29 heavy (non-hydrogen) atoms. The molecule has 0 bridgehead atoms. The van der Waals surface area contributed by atoms with Gasteiger partial charge in [0.25, 0.3) is 0 Å². The van der Waals surface area contributed by atoms with Crippen LogP contribution in [0.15, 0.2) is 11.1 Å². The van der Waals surface area contributed by atoms with E-state index < -0.39 is 10.0 Å². The van der Waals surface area contributed by atoms with Crippen LogP contribution in [0.2, 0.25) is 0 Å². The van der Waals surface area contributed by atoms with Crippen LogP contribution in [-0.4, -0.2) is 53.6 Å². The Bertz CT molecular complexity index is 987. The molecule has 0 radical (unpaired) electrons. The van der Waals surface area contributed by atoms with Crippen molar-refractivity contribution in [2.75, 3.05) is 26.2 Å². The molecule has 1 saturated heterocycles. The molecule has 2 aromatic rings. The molecule has 0 saturated carbocycles. The number of hydrogen-bond donors (Lipinski definition) is 0. The Balaban J connectivity index is 1.78. The predicted octanol–water partition coefficient (Wildman–Crippen LogP) is 3.26. The highest BCUT2D eigenvalue weighted by molar-refractivity contribution is 7.89. The number of sulfonamides is 1. The summed E-state index contributed by atoms with van der Waals surface area (Å²) in [6, 6.07) is 0. The SMILES string of the molecule is CCn1ncc(CN2CCN(S(=O)(=O)c3c(C)c(C)c(C)c(C)c3C)CC2)c1C. The monoisotopic (exact) mass is 418 g/mol. The first-order valence-electron chi connectivity index (χ1n) is 10.4. The Morgan fingerprint density at radius 2 is 1.38 bits per heavy atom. The zero-order valence-corrected chi connectivity index (χ0v) is 19.7. The molecule has 7 heteroatoms. The Morgan fingerprint density at radius 3 is 1.86 bits per heavy atom. The van der Waals surface area contributed by atoms with E-state index in [-0.39, 0.29) is 0 Å². The van der Waals surface area contributed by atoms with Gasteiger partial charge in [-0.1, -0.05) is 0 Å². The zero-order chi connectivity index (χ0) is 21.5. The van der Waals surface area contributed by atoms with Crippen molar-refractivity contribution in [2.45, 2.75) is 66.5 Å². The molecule has 1 aliphatic rings. The summed E-state index contributed by atoms with van der Waals surface area (Å²) in [5.74, 6) is 0. The van der Waals surface area contributed by atoms with Crippen molar-refractivity contribution in [3.05, 3.63) is 45.3 Å². The third-order valence-corrected chi connectivity index (χ3v) is 8.93. The van der Waals surface area contributed by atoms with Gasteiger partial charge in [-0.2, -0.15) is 9.40 Å². The fourth-order valence-electron chi connectivity index (χ4n) is 4.31. The number of hydrogen-bond acceptors (Lipinski definition) is 4. The van der Waals surface area contributed by atoms with Gasteiger partial charge in [-0.05, 0) is 76.3 Å². The van der Waals surface area contributed by atoms with Gasteiger partial charge in [0.1, 0.15) is 0 Å². The number of benzene rings is 1. The molecule has 1 aromatic carbocycles. The first-order valence-corrected chi connectivity index (χ1v) is 11.8. The van der Waals surface area contributed by atoms with Crippen LogP contribution >= 0.6 is 0 Å². The summed E-state index contributed by atoms with van der Waals surface area (Å²) in [4.78, 5) is 2.83. The molecule has 2 heterocycles. The first-order chi connectivity index (χ1) is 13.6. The molecule has 0 amide bonds. The summed E-state index contributed by atoms with van der Waals surface area (Å²) in [5, 5.41) is 4.42. The highest BCUT2D eigenvalue weighted by Crippen LogP contribution is 2.32. The normalized spacial score (nSPS) is 16.5. The number of aryl methyl sites for hydroxylation is 1. The maximum atomic E-state index is 13.5. The first kappa shape index (κ1) is 22.0. The van der Waals surface area contributed by atoms with Crippen molar-refractivity contribution in [1.82, 2.24) is 19.0 Å². The van der Waals surface area contributed by atoms with Gasteiger partial charge >= 0.3 is 0 Å². The van der Waals surface area contributed by atoms with Crippen LogP contribution < -0.4 is 0 Å². The second-order valence-electron chi connectivity index (χ2n) is 8.21. The van der Waals surface area contributed by atoms with E-state index in [1.54, 1.807) is 4.31 Å². The second kappa shape index (κ2) is 8.20. The quantitative estimate of drug-likeness (QED) is 0.748. The number of aromatic nitrogens is 2. The van der Waals surface area contributed by atoms with Crippen LogP contribution in [0.1, 0.15) is 46.0 Å². The van der Waals surface area contributed by atoms with Crippen LogP contribution in [0.25, 0.3) is 0 Å². The molecule has 6 nitrogen and oxygen atoms in total. The fourth-order valence-corrected chi connectivity index (χ4v) is 6.29. The van der Waals surface area contributed by atoms with Gasteiger partial charge in [0.05, 0.1) is 11.1 Å². The molecule has 0 aliphatic carbocycles. The van der Waals surface area contributed by atoms with Gasteiger partial charge in [-0.15, -0.1) is 0 Å². The summed E-state index contributed by atoms with van der Waals surface area (Å²) < 4.78 is 30.7. The molecule has 0 atom stereocenters. The van der Waals surface area contributed by atoms with Crippen LogP contribution in [0.5, 0.6) is 0 Å². The maximum Gasteiger partial charge on any atom is 0.243 e. The van der Waals surface area contributed by atoms with E-state index in [4.69, 9.17) is 0 Å². The molecule has 1 aromatic heterocycles. The molecular formula is C22H34N4O2S. The van der Waals surface area contributed by atoms with Gasteiger partial charge in [0.15, 0.2) is 0 Å². The average Bonchev–Trinajstić information content (AvgIpc) is 3.04. The minimum absolute atomic E-state index is 0.506. The summed E-state index contributed by atoms with van der Waals surface area (Å²) in [6.07, 6.45) is 1.94. The molecule has 0 spiro atoms. The van der Waals surface area contributed by atoms with E-state index in [0.29, 0.717) is 18.0 Å². The van der Waals surface area contributed by atoms with Gasteiger partial charge < -0.3 is 0 Å². The lowest BCUT2D eigenvalue weighted by molar-refractivity contribution is 0.181. The van der Waals surface area contributed by atoms with E-state index in [0.717, 1.165) is 48.4 Å². The van der Waals surface area contributed by atoms with Gasteiger partial charge in [0, 0.05) is 50.5 Å². The van der Waals surface area contributed by atoms with Crippen LogP contribution in [0, 0.1) is 41.5 Å².